The molecule has 0 bridgehead atoms. The number of hydrogen-bond donors (Lipinski definition) is 2. The number of nitrogens with one attached hydrogen (secondary N) is 2. The lowest BCUT2D eigenvalue weighted by atomic mass is 10.2. The van der Waals surface area contributed by atoms with Crippen LogP contribution in [0.1, 0.15) is 24.2 Å². The molecule has 0 aliphatic rings. The topological polar surface area (TPSA) is 85.2 Å². The molecule has 1 heterocycles. The number of anilines is 1. The average molecular weight is 366 g/mol. The first kappa shape index (κ1) is 18.4. The number of nitrogens with zero attached hydrogens (tertiary/aromatic N) is 2. The fraction of sp³-hybridized carbons (Fsp3) is 0.250. The first-order valence-electron chi connectivity index (χ1n) is 8.89. The van der Waals surface area contributed by atoms with Crippen LogP contribution in [0.3, 0.4) is 0 Å². The van der Waals surface area contributed by atoms with Gasteiger partial charge in [-0.2, -0.15) is 0 Å². The highest BCUT2D eigenvalue weighted by atomic mass is 16.5. The van der Waals surface area contributed by atoms with Crippen LogP contribution in [0.4, 0.5) is 5.95 Å². The van der Waals surface area contributed by atoms with Crippen molar-refractivity contribution in [3.8, 4) is 5.75 Å². The Kier molecular flexibility index (Phi) is 5.71. The van der Waals surface area contributed by atoms with E-state index in [2.05, 4.69) is 15.6 Å². The van der Waals surface area contributed by atoms with Gasteiger partial charge in [-0.1, -0.05) is 24.3 Å². The number of carbonyl (C=O) groups is 2. The van der Waals surface area contributed by atoms with E-state index in [9.17, 15) is 9.59 Å². The predicted molar refractivity (Wildman–Crippen MR) is 104 cm³/mol. The molecule has 2 aromatic carbocycles. The van der Waals surface area contributed by atoms with Gasteiger partial charge >= 0.3 is 0 Å². The highest BCUT2D eigenvalue weighted by Crippen LogP contribution is 2.19. The molecule has 0 aliphatic carbocycles. The summed E-state index contributed by atoms with van der Waals surface area (Å²) in [6, 6.07) is 14.6. The maximum absolute atomic E-state index is 12.4. The lowest BCUT2D eigenvalue weighted by Gasteiger charge is -2.11. The highest BCUT2D eigenvalue weighted by molar-refractivity contribution is 6.00. The van der Waals surface area contributed by atoms with Crippen LogP contribution >= 0.6 is 0 Å². The van der Waals surface area contributed by atoms with Crippen molar-refractivity contribution in [2.75, 3.05) is 18.5 Å². The Balaban J connectivity index is 1.66. The fourth-order valence-electron chi connectivity index (χ4n) is 2.85. The van der Waals surface area contributed by atoms with Crippen LogP contribution in [0.15, 0.2) is 48.5 Å². The molecule has 2 N–H and O–H groups in total. The summed E-state index contributed by atoms with van der Waals surface area (Å²) in [7, 11) is 0. The van der Waals surface area contributed by atoms with Crippen molar-refractivity contribution < 1.29 is 14.3 Å². The third-order valence-corrected chi connectivity index (χ3v) is 4.06. The molecule has 140 valence electrons. The second kappa shape index (κ2) is 8.35. The quantitative estimate of drug-likeness (QED) is 0.673. The summed E-state index contributed by atoms with van der Waals surface area (Å²) < 4.78 is 7.37. The summed E-state index contributed by atoms with van der Waals surface area (Å²) in [5.74, 6) is 0.249. The molecular weight excluding hydrogens is 344 g/mol. The van der Waals surface area contributed by atoms with Crippen molar-refractivity contribution in [1.29, 1.82) is 0 Å². The third-order valence-electron chi connectivity index (χ3n) is 4.06. The van der Waals surface area contributed by atoms with Crippen LogP contribution in [-0.2, 0) is 11.3 Å². The maximum Gasteiger partial charge on any atom is 0.255 e. The number of fused-ring (bicyclic) bond motifs is 1. The number of aryl methyl sites for hydroxylation is 1. The van der Waals surface area contributed by atoms with E-state index in [1.54, 1.807) is 24.3 Å². The molecule has 0 fully saturated rings. The third kappa shape index (κ3) is 4.08. The molecule has 0 aliphatic heterocycles. The van der Waals surface area contributed by atoms with Crippen molar-refractivity contribution in [3.05, 3.63) is 54.1 Å². The van der Waals surface area contributed by atoms with Crippen LogP contribution in [-0.4, -0.2) is 34.5 Å². The zero-order chi connectivity index (χ0) is 19.2. The van der Waals surface area contributed by atoms with Crippen molar-refractivity contribution in [1.82, 2.24) is 14.9 Å². The minimum atomic E-state index is -0.363. The lowest BCUT2D eigenvalue weighted by molar-refractivity contribution is -0.115. The van der Waals surface area contributed by atoms with Crippen LogP contribution in [0.25, 0.3) is 11.0 Å². The van der Waals surface area contributed by atoms with Crippen molar-refractivity contribution in [3.63, 3.8) is 0 Å². The molecule has 0 atom stereocenters. The second-order valence-electron chi connectivity index (χ2n) is 5.83. The van der Waals surface area contributed by atoms with Gasteiger partial charge in [-0.25, -0.2) is 4.98 Å². The maximum atomic E-state index is 12.4. The molecule has 7 heteroatoms. The summed E-state index contributed by atoms with van der Waals surface area (Å²) in [5, 5.41) is 5.39. The van der Waals surface area contributed by atoms with E-state index in [1.165, 1.54) is 0 Å². The average Bonchev–Trinajstić information content (AvgIpc) is 3.03. The van der Waals surface area contributed by atoms with Gasteiger partial charge in [-0.05, 0) is 38.1 Å². The minimum absolute atomic E-state index is 0.161. The standard InChI is InChI=1S/C20H22N4O3/c1-3-24-16-11-7-6-10-15(16)22-20(24)23-18(25)13-21-19(26)14-9-5-8-12-17(14)27-4-2/h5-12H,3-4,13H2,1-2H3,(H,21,26)(H,22,23,25). The monoisotopic (exact) mass is 366 g/mol. The Morgan fingerprint density at radius 2 is 1.81 bits per heavy atom. The van der Waals surface area contributed by atoms with Gasteiger partial charge in [0.25, 0.3) is 5.91 Å². The molecule has 7 nitrogen and oxygen atoms in total. The van der Waals surface area contributed by atoms with E-state index in [0.29, 0.717) is 30.4 Å². The SMILES string of the molecule is CCOc1ccccc1C(=O)NCC(=O)Nc1nc2ccccc2n1CC. The summed E-state index contributed by atoms with van der Waals surface area (Å²) >= 11 is 0. The van der Waals surface area contributed by atoms with Crippen molar-refractivity contribution in [2.24, 2.45) is 0 Å². The van der Waals surface area contributed by atoms with Gasteiger partial charge in [0.2, 0.25) is 11.9 Å². The first-order valence-corrected chi connectivity index (χ1v) is 8.89. The Morgan fingerprint density at radius 1 is 1.07 bits per heavy atom. The molecule has 3 rings (SSSR count). The molecule has 0 spiro atoms. The highest BCUT2D eigenvalue weighted by Gasteiger charge is 2.15. The van der Waals surface area contributed by atoms with E-state index < -0.39 is 0 Å². The molecule has 0 saturated heterocycles. The first-order chi connectivity index (χ1) is 13.1. The van der Waals surface area contributed by atoms with Gasteiger partial charge in [-0.15, -0.1) is 0 Å². The fourth-order valence-corrected chi connectivity index (χ4v) is 2.85. The van der Waals surface area contributed by atoms with Gasteiger partial charge in [0.1, 0.15) is 5.75 Å². The summed E-state index contributed by atoms with van der Waals surface area (Å²) in [6.45, 7) is 4.80. The Labute approximate surface area is 157 Å². The van der Waals surface area contributed by atoms with Gasteiger partial charge in [0, 0.05) is 6.54 Å². The summed E-state index contributed by atoms with van der Waals surface area (Å²) in [6.07, 6.45) is 0. The van der Waals surface area contributed by atoms with Crippen LogP contribution in [0.2, 0.25) is 0 Å². The predicted octanol–water partition coefficient (Wildman–Crippen LogP) is 2.82. The molecular formula is C20H22N4O3. The summed E-state index contributed by atoms with van der Waals surface area (Å²) in [4.78, 5) is 29.1. The van der Waals surface area contributed by atoms with E-state index >= 15 is 0 Å². The second-order valence-corrected chi connectivity index (χ2v) is 5.83. The number of aromatic nitrogens is 2. The van der Waals surface area contributed by atoms with E-state index in [0.717, 1.165) is 11.0 Å². The molecule has 1 aromatic heterocycles. The smallest absolute Gasteiger partial charge is 0.255 e. The molecule has 2 amide bonds. The number of para-hydroxylation sites is 3. The van der Waals surface area contributed by atoms with Gasteiger partial charge in [0.05, 0.1) is 29.7 Å². The molecule has 27 heavy (non-hydrogen) atoms. The summed E-state index contributed by atoms with van der Waals surface area (Å²) in [5.41, 5.74) is 2.15. The van der Waals surface area contributed by atoms with Crippen molar-refractivity contribution >= 4 is 28.8 Å². The largest absolute Gasteiger partial charge is 0.493 e. The van der Waals surface area contributed by atoms with E-state index in [1.807, 2.05) is 42.7 Å². The number of imidazole rings is 1. The molecule has 3 aromatic rings. The van der Waals surface area contributed by atoms with Gasteiger partial charge < -0.3 is 14.6 Å². The van der Waals surface area contributed by atoms with Crippen LogP contribution < -0.4 is 15.4 Å². The lowest BCUT2D eigenvalue weighted by Crippen LogP contribution is -2.33. The zero-order valence-corrected chi connectivity index (χ0v) is 15.4. The minimum Gasteiger partial charge on any atom is -0.493 e. The Bertz CT molecular complexity index is 965. The van der Waals surface area contributed by atoms with Gasteiger partial charge in [-0.3, -0.25) is 14.9 Å². The van der Waals surface area contributed by atoms with Crippen molar-refractivity contribution in [2.45, 2.75) is 20.4 Å². The normalized spacial score (nSPS) is 10.6. The van der Waals surface area contributed by atoms with Crippen LogP contribution in [0, 0.1) is 0 Å². The Hall–Kier alpha value is -3.35. The number of hydrogen-bond acceptors (Lipinski definition) is 4. The van der Waals surface area contributed by atoms with E-state index in [4.69, 9.17) is 4.74 Å². The van der Waals surface area contributed by atoms with Gasteiger partial charge in [0.15, 0.2) is 0 Å². The molecule has 0 unspecified atom stereocenters. The zero-order valence-electron chi connectivity index (χ0n) is 15.4. The number of ether oxygens (including phenoxy) is 1. The molecule has 0 saturated carbocycles. The van der Waals surface area contributed by atoms with Crippen LogP contribution in [0.5, 0.6) is 5.75 Å². The number of rotatable bonds is 7. The number of amides is 2. The number of carbonyl (C=O) groups excluding carboxylic acids is 2. The van der Waals surface area contributed by atoms with E-state index in [-0.39, 0.29) is 18.4 Å². The number of benzene rings is 2. The molecule has 0 radical (unpaired) electrons. The Morgan fingerprint density at radius 3 is 2.59 bits per heavy atom.